The third-order valence-corrected chi connectivity index (χ3v) is 5.80. The van der Waals surface area contributed by atoms with Gasteiger partial charge in [0.1, 0.15) is 5.75 Å². The first-order valence-corrected chi connectivity index (χ1v) is 10.3. The second-order valence-electron chi connectivity index (χ2n) is 6.62. The number of ether oxygens (including phenoxy) is 2. The van der Waals surface area contributed by atoms with Crippen LogP contribution in [-0.2, 0) is 11.3 Å². The van der Waals surface area contributed by atoms with Crippen LogP contribution in [0.1, 0.15) is 5.56 Å². The molecule has 0 bridgehead atoms. The normalized spacial score (nSPS) is 14.2. The zero-order chi connectivity index (χ0) is 18.5. The molecule has 1 aliphatic rings. The quantitative estimate of drug-likeness (QED) is 0.494. The van der Waals surface area contributed by atoms with Crippen molar-refractivity contribution in [3.63, 3.8) is 0 Å². The fourth-order valence-corrected chi connectivity index (χ4v) is 4.35. The molecular weight excluding hydrogens is 429 g/mol. The molecule has 29 heavy (non-hydrogen) atoms. The van der Waals surface area contributed by atoms with Crippen molar-refractivity contribution in [1.82, 2.24) is 14.5 Å². The van der Waals surface area contributed by atoms with Gasteiger partial charge in [-0.05, 0) is 17.7 Å². The summed E-state index contributed by atoms with van der Waals surface area (Å²) < 4.78 is 13.1. The molecular formula is C21H27Cl2N3O2S. The summed E-state index contributed by atoms with van der Waals surface area (Å²) in [5, 5.41) is 1.07. The molecule has 0 spiro atoms. The van der Waals surface area contributed by atoms with E-state index in [4.69, 9.17) is 14.5 Å². The minimum Gasteiger partial charge on any atom is -0.497 e. The highest BCUT2D eigenvalue weighted by molar-refractivity contribution is 7.99. The third-order valence-electron chi connectivity index (χ3n) is 4.85. The Morgan fingerprint density at radius 3 is 2.55 bits per heavy atom. The Hall–Kier alpha value is -1.44. The molecule has 0 saturated carbocycles. The van der Waals surface area contributed by atoms with E-state index in [2.05, 4.69) is 45.9 Å². The van der Waals surface area contributed by atoms with Crippen LogP contribution in [0.3, 0.4) is 0 Å². The number of hydrogen-bond donors (Lipinski definition) is 0. The average Bonchev–Trinajstić information content (AvgIpc) is 3.06. The van der Waals surface area contributed by atoms with Crippen molar-refractivity contribution in [1.29, 1.82) is 0 Å². The predicted molar refractivity (Wildman–Crippen MR) is 124 cm³/mol. The SMILES string of the molecule is COc1ccc2c(c1)nc(SCCN1CCOCC1)n2Cc1ccccc1.Cl.Cl. The van der Waals surface area contributed by atoms with Crippen LogP contribution in [0.2, 0.25) is 0 Å². The van der Waals surface area contributed by atoms with Crippen LogP contribution in [0.15, 0.2) is 53.7 Å². The lowest BCUT2D eigenvalue weighted by Crippen LogP contribution is -2.37. The van der Waals surface area contributed by atoms with Gasteiger partial charge in [-0.25, -0.2) is 4.98 Å². The number of rotatable bonds is 7. The number of methoxy groups -OCH3 is 1. The number of hydrogen-bond acceptors (Lipinski definition) is 5. The first kappa shape index (κ1) is 23.8. The number of thioether (sulfide) groups is 1. The summed E-state index contributed by atoms with van der Waals surface area (Å²) in [4.78, 5) is 7.36. The van der Waals surface area contributed by atoms with E-state index in [1.165, 1.54) is 5.56 Å². The minimum absolute atomic E-state index is 0. The fraction of sp³-hybridized carbons (Fsp3) is 0.381. The van der Waals surface area contributed by atoms with Crippen LogP contribution in [0.25, 0.3) is 11.0 Å². The van der Waals surface area contributed by atoms with Gasteiger partial charge in [-0.15, -0.1) is 24.8 Å². The summed E-state index contributed by atoms with van der Waals surface area (Å²) in [7, 11) is 1.69. The Morgan fingerprint density at radius 2 is 1.83 bits per heavy atom. The van der Waals surface area contributed by atoms with Gasteiger partial charge in [0.05, 0.1) is 37.9 Å². The number of imidazole rings is 1. The van der Waals surface area contributed by atoms with Crippen molar-refractivity contribution >= 4 is 47.6 Å². The molecule has 1 aromatic heterocycles. The maximum Gasteiger partial charge on any atom is 0.169 e. The zero-order valence-electron chi connectivity index (χ0n) is 16.5. The lowest BCUT2D eigenvalue weighted by Gasteiger charge is -2.26. The van der Waals surface area contributed by atoms with Crippen LogP contribution in [0.4, 0.5) is 0 Å². The van der Waals surface area contributed by atoms with E-state index in [-0.39, 0.29) is 24.8 Å². The Kier molecular flexibility index (Phi) is 9.59. The van der Waals surface area contributed by atoms with Crippen molar-refractivity contribution in [2.24, 2.45) is 0 Å². The fourth-order valence-electron chi connectivity index (χ4n) is 3.33. The molecule has 3 aromatic rings. The number of fused-ring (bicyclic) bond motifs is 1. The highest BCUT2D eigenvalue weighted by Gasteiger charge is 2.14. The van der Waals surface area contributed by atoms with Gasteiger partial charge < -0.3 is 14.0 Å². The van der Waals surface area contributed by atoms with Crippen molar-refractivity contribution in [2.75, 3.05) is 45.7 Å². The van der Waals surface area contributed by atoms with Gasteiger partial charge in [0.25, 0.3) is 0 Å². The molecule has 1 saturated heterocycles. The second kappa shape index (κ2) is 11.7. The average molecular weight is 456 g/mol. The highest BCUT2D eigenvalue weighted by atomic mass is 35.5. The summed E-state index contributed by atoms with van der Waals surface area (Å²) in [5.41, 5.74) is 3.41. The van der Waals surface area contributed by atoms with E-state index in [1.54, 1.807) is 7.11 Å². The van der Waals surface area contributed by atoms with Crippen LogP contribution in [0, 0.1) is 0 Å². The van der Waals surface area contributed by atoms with Crippen molar-refractivity contribution in [3.05, 3.63) is 54.1 Å². The van der Waals surface area contributed by atoms with Gasteiger partial charge in [0.2, 0.25) is 0 Å². The number of nitrogens with zero attached hydrogens (tertiary/aromatic N) is 3. The van der Waals surface area contributed by atoms with Crippen molar-refractivity contribution in [2.45, 2.75) is 11.7 Å². The predicted octanol–water partition coefficient (Wildman–Crippen LogP) is 4.36. The maximum absolute atomic E-state index is 5.43. The van der Waals surface area contributed by atoms with Crippen LogP contribution >= 0.6 is 36.6 Å². The first-order valence-electron chi connectivity index (χ1n) is 9.34. The van der Waals surface area contributed by atoms with Gasteiger partial charge in [-0.3, -0.25) is 4.90 Å². The molecule has 2 aromatic carbocycles. The molecule has 8 heteroatoms. The molecule has 2 heterocycles. The lowest BCUT2D eigenvalue weighted by molar-refractivity contribution is 0.0410. The van der Waals surface area contributed by atoms with E-state index < -0.39 is 0 Å². The molecule has 5 nitrogen and oxygen atoms in total. The van der Waals surface area contributed by atoms with E-state index in [0.717, 1.165) is 67.1 Å². The zero-order valence-corrected chi connectivity index (χ0v) is 18.9. The van der Waals surface area contributed by atoms with Crippen molar-refractivity contribution < 1.29 is 9.47 Å². The summed E-state index contributed by atoms with van der Waals surface area (Å²) >= 11 is 1.83. The van der Waals surface area contributed by atoms with Gasteiger partial charge in [-0.2, -0.15) is 0 Å². The van der Waals surface area contributed by atoms with E-state index in [0.29, 0.717) is 0 Å². The largest absolute Gasteiger partial charge is 0.497 e. The molecule has 0 aliphatic carbocycles. The summed E-state index contributed by atoms with van der Waals surface area (Å²) in [6.07, 6.45) is 0. The number of aromatic nitrogens is 2. The summed E-state index contributed by atoms with van der Waals surface area (Å²) in [6.45, 7) is 5.62. The molecule has 0 atom stereocenters. The molecule has 1 fully saturated rings. The molecule has 158 valence electrons. The minimum atomic E-state index is 0. The van der Waals surface area contributed by atoms with E-state index >= 15 is 0 Å². The van der Waals surface area contributed by atoms with Gasteiger partial charge in [0, 0.05) is 31.5 Å². The number of benzene rings is 2. The molecule has 4 rings (SSSR count). The smallest absolute Gasteiger partial charge is 0.169 e. The second-order valence-corrected chi connectivity index (χ2v) is 7.69. The molecule has 0 N–H and O–H groups in total. The van der Waals surface area contributed by atoms with E-state index in [1.807, 2.05) is 23.9 Å². The first-order chi connectivity index (χ1) is 13.3. The van der Waals surface area contributed by atoms with Gasteiger partial charge in [-0.1, -0.05) is 42.1 Å². The third kappa shape index (κ3) is 6.03. The summed E-state index contributed by atoms with van der Waals surface area (Å²) in [5.74, 6) is 1.87. The Morgan fingerprint density at radius 1 is 1.07 bits per heavy atom. The standard InChI is InChI=1S/C21H25N3O2S.2ClH/c1-25-18-7-8-20-19(15-18)22-21(24(20)16-17-5-3-2-4-6-17)27-14-11-23-9-12-26-13-10-23;;/h2-8,15H,9-14,16H2,1H3;2*1H. The Balaban J connectivity index is 0.00000150. The van der Waals surface area contributed by atoms with E-state index in [9.17, 15) is 0 Å². The maximum atomic E-state index is 5.43. The van der Waals surface area contributed by atoms with Crippen LogP contribution in [-0.4, -0.2) is 60.2 Å². The lowest BCUT2D eigenvalue weighted by atomic mass is 10.2. The molecule has 1 aliphatic heterocycles. The highest BCUT2D eigenvalue weighted by Crippen LogP contribution is 2.28. The monoisotopic (exact) mass is 455 g/mol. The van der Waals surface area contributed by atoms with Gasteiger partial charge in [0.15, 0.2) is 5.16 Å². The van der Waals surface area contributed by atoms with Crippen LogP contribution in [0.5, 0.6) is 5.75 Å². The van der Waals surface area contributed by atoms with Gasteiger partial charge >= 0.3 is 0 Å². The molecule has 0 amide bonds. The van der Waals surface area contributed by atoms with Crippen molar-refractivity contribution in [3.8, 4) is 5.75 Å². The topological polar surface area (TPSA) is 39.5 Å². The Bertz CT molecular complexity index is 886. The van der Waals surface area contributed by atoms with Crippen LogP contribution < -0.4 is 4.74 Å². The number of morpholine rings is 1. The molecule has 0 radical (unpaired) electrons. The summed E-state index contributed by atoms with van der Waals surface area (Å²) in [6, 6.07) is 16.7. The molecule has 0 unspecified atom stereocenters. The number of halogens is 2. The Labute approximate surface area is 188 Å².